The number of aromatic carboxylic acids is 1. The van der Waals surface area contributed by atoms with Gasteiger partial charge in [0.05, 0.1) is 11.3 Å². The minimum Gasteiger partial charge on any atom is -0.478 e. The van der Waals surface area contributed by atoms with Crippen molar-refractivity contribution >= 4 is 35.1 Å². The number of nitrogen functional groups attached to an aromatic ring is 1. The second-order valence-electron chi connectivity index (χ2n) is 3.21. The van der Waals surface area contributed by atoms with Gasteiger partial charge in [0.1, 0.15) is 0 Å². The maximum Gasteiger partial charge on any atom is 0.336 e. The molecule has 0 fully saturated rings. The fourth-order valence-corrected chi connectivity index (χ4v) is 1.81. The Morgan fingerprint density at radius 1 is 1.27 bits per heavy atom. The van der Waals surface area contributed by atoms with Gasteiger partial charge in [0.2, 0.25) is 0 Å². The van der Waals surface area contributed by atoms with Gasteiger partial charge in [0.25, 0.3) is 0 Å². The molecule has 3 N–H and O–H groups in total. The smallest absolute Gasteiger partial charge is 0.336 e. The van der Waals surface area contributed by atoms with Gasteiger partial charge >= 0.3 is 5.97 Å². The van der Waals surface area contributed by atoms with Gasteiger partial charge in [-0.3, -0.25) is 0 Å². The Kier molecular flexibility index (Phi) is 2.28. The number of hydrogen-bond donors (Lipinski definition) is 3. The minimum atomic E-state index is -0.971. The number of anilines is 1. The molecule has 0 spiro atoms. The van der Waals surface area contributed by atoms with E-state index in [1.54, 1.807) is 18.2 Å². The maximum atomic E-state index is 11.0. The minimum absolute atomic E-state index is 0.227. The Hall–Kier alpha value is -1.68. The Labute approximate surface area is 91.9 Å². The first-order valence-corrected chi connectivity index (χ1v) is 4.79. The Bertz CT molecular complexity index is 552. The first kappa shape index (κ1) is 9.86. The third-order valence-corrected chi connectivity index (χ3v) is 2.66. The summed E-state index contributed by atoms with van der Waals surface area (Å²) in [4.78, 5) is 11.5. The van der Waals surface area contributed by atoms with Crippen LogP contribution in [0.1, 0.15) is 10.4 Å². The van der Waals surface area contributed by atoms with Crippen molar-refractivity contribution in [3.05, 3.63) is 35.9 Å². The fraction of sp³-hybridized carbons (Fsp3) is 0. The number of fused-ring (bicyclic) bond motifs is 1. The molecule has 2 aromatic rings. The second kappa shape index (κ2) is 3.47. The molecule has 2 rings (SSSR count). The molecule has 0 aliphatic rings. The molecule has 0 aliphatic heterocycles. The first-order chi connectivity index (χ1) is 7.11. The summed E-state index contributed by atoms with van der Waals surface area (Å²) in [5.74, 6) is -0.971. The molecule has 0 aliphatic carbocycles. The van der Waals surface area contributed by atoms with E-state index < -0.39 is 5.97 Å². The van der Waals surface area contributed by atoms with E-state index in [1.807, 2.05) is 6.07 Å². The lowest BCUT2D eigenvalue weighted by atomic mass is 10.0. The lowest BCUT2D eigenvalue weighted by molar-refractivity contribution is 0.0699. The Balaban J connectivity index is 2.94. The van der Waals surface area contributed by atoms with Gasteiger partial charge in [-0.05, 0) is 11.5 Å². The van der Waals surface area contributed by atoms with Gasteiger partial charge in [-0.25, -0.2) is 4.79 Å². The van der Waals surface area contributed by atoms with Crippen LogP contribution in [0.4, 0.5) is 5.69 Å². The number of carboxylic acids is 1. The fourth-order valence-electron chi connectivity index (χ4n) is 1.56. The van der Waals surface area contributed by atoms with Crippen molar-refractivity contribution in [2.75, 3.05) is 5.73 Å². The number of thiol groups is 1. The third-order valence-electron chi connectivity index (χ3n) is 2.29. The van der Waals surface area contributed by atoms with Crippen molar-refractivity contribution < 1.29 is 9.90 Å². The van der Waals surface area contributed by atoms with Crippen LogP contribution in [0, 0.1) is 0 Å². The number of carboxylic acid groups (broad SMARTS) is 1. The molecular formula is C11H9NO2S. The molecule has 0 saturated carbocycles. The summed E-state index contributed by atoms with van der Waals surface area (Å²) in [5, 5.41) is 10.4. The highest BCUT2D eigenvalue weighted by molar-refractivity contribution is 7.80. The number of carbonyl (C=O) groups is 1. The van der Waals surface area contributed by atoms with Crippen LogP contribution in [0.2, 0.25) is 0 Å². The molecule has 0 atom stereocenters. The number of nitrogens with two attached hydrogens (primary N) is 1. The summed E-state index contributed by atoms with van der Waals surface area (Å²) in [5.41, 5.74) is 6.56. The van der Waals surface area contributed by atoms with Crippen molar-refractivity contribution in [2.45, 2.75) is 4.90 Å². The summed E-state index contributed by atoms with van der Waals surface area (Å²) in [6.45, 7) is 0. The van der Waals surface area contributed by atoms with Crippen LogP contribution in [0.3, 0.4) is 0 Å². The SMILES string of the molecule is Nc1c(S)cc(C(=O)O)c2ccccc12. The highest BCUT2D eigenvalue weighted by atomic mass is 32.1. The standard InChI is InChI=1S/C11H9NO2S/c12-10-7-4-2-1-3-6(7)8(11(13)14)5-9(10)15/h1-5,15H,12H2,(H,13,14). The predicted octanol–water partition coefficient (Wildman–Crippen LogP) is 2.41. The first-order valence-electron chi connectivity index (χ1n) is 4.34. The van der Waals surface area contributed by atoms with E-state index >= 15 is 0 Å². The van der Waals surface area contributed by atoms with Crippen molar-refractivity contribution in [3.63, 3.8) is 0 Å². The van der Waals surface area contributed by atoms with Crippen LogP contribution >= 0.6 is 12.6 Å². The van der Waals surface area contributed by atoms with Crippen molar-refractivity contribution in [3.8, 4) is 0 Å². The molecule has 0 radical (unpaired) electrons. The van der Waals surface area contributed by atoms with Crippen LogP contribution < -0.4 is 5.73 Å². The van der Waals surface area contributed by atoms with E-state index in [0.29, 0.717) is 16.0 Å². The Morgan fingerprint density at radius 2 is 1.87 bits per heavy atom. The highest BCUT2D eigenvalue weighted by Gasteiger charge is 2.12. The van der Waals surface area contributed by atoms with Crippen molar-refractivity contribution in [1.29, 1.82) is 0 Å². The molecule has 15 heavy (non-hydrogen) atoms. The number of rotatable bonds is 1. The summed E-state index contributed by atoms with van der Waals surface area (Å²) in [6.07, 6.45) is 0. The molecule has 2 aromatic carbocycles. The Morgan fingerprint density at radius 3 is 2.47 bits per heavy atom. The van der Waals surface area contributed by atoms with Crippen molar-refractivity contribution in [1.82, 2.24) is 0 Å². The second-order valence-corrected chi connectivity index (χ2v) is 3.69. The quantitative estimate of drug-likeness (QED) is 0.510. The molecule has 4 heteroatoms. The topological polar surface area (TPSA) is 63.3 Å². The van der Waals surface area contributed by atoms with E-state index in [9.17, 15) is 4.79 Å². The zero-order valence-corrected chi connectivity index (χ0v) is 8.66. The van der Waals surface area contributed by atoms with Gasteiger partial charge in [-0.1, -0.05) is 24.3 Å². The molecule has 0 saturated heterocycles. The van der Waals surface area contributed by atoms with Crippen LogP contribution in [0.5, 0.6) is 0 Å². The molecule has 3 nitrogen and oxygen atoms in total. The van der Waals surface area contributed by atoms with Gasteiger partial charge < -0.3 is 10.8 Å². The summed E-state index contributed by atoms with van der Waals surface area (Å²) in [6, 6.07) is 8.60. The largest absolute Gasteiger partial charge is 0.478 e. The maximum absolute atomic E-state index is 11.0. The zero-order chi connectivity index (χ0) is 11.0. The van der Waals surface area contributed by atoms with Gasteiger partial charge in [0.15, 0.2) is 0 Å². The van der Waals surface area contributed by atoms with E-state index in [-0.39, 0.29) is 5.56 Å². The van der Waals surface area contributed by atoms with Gasteiger partial charge in [-0.15, -0.1) is 12.6 Å². The third kappa shape index (κ3) is 1.53. The van der Waals surface area contributed by atoms with E-state index in [4.69, 9.17) is 10.8 Å². The normalized spacial score (nSPS) is 10.5. The van der Waals surface area contributed by atoms with Crippen LogP contribution in [0.15, 0.2) is 35.2 Å². The van der Waals surface area contributed by atoms with Crippen molar-refractivity contribution in [2.24, 2.45) is 0 Å². The molecule has 0 heterocycles. The average molecular weight is 219 g/mol. The molecular weight excluding hydrogens is 210 g/mol. The molecule has 0 unspecified atom stereocenters. The van der Waals surface area contributed by atoms with Crippen LogP contribution in [0.25, 0.3) is 10.8 Å². The summed E-state index contributed by atoms with van der Waals surface area (Å²) >= 11 is 4.15. The van der Waals surface area contributed by atoms with E-state index in [0.717, 1.165) is 5.39 Å². The molecule has 0 aromatic heterocycles. The highest BCUT2D eigenvalue weighted by Crippen LogP contribution is 2.30. The molecule has 0 bridgehead atoms. The average Bonchev–Trinajstić information content (AvgIpc) is 2.23. The van der Waals surface area contributed by atoms with Gasteiger partial charge in [0, 0.05) is 10.3 Å². The lowest BCUT2D eigenvalue weighted by Crippen LogP contribution is -2.00. The van der Waals surface area contributed by atoms with Crippen LogP contribution in [-0.4, -0.2) is 11.1 Å². The number of hydrogen-bond acceptors (Lipinski definition) is 3. The molecule has 76 valence electrons. The van der Waals surface area contributed by atoms with E-state index in [1.165, 1.54) is 6.07 Å². The lowest BCUT2D eigenvalue weighted by Gasteiger charge is -2.07. The van der Waals surface area contributed by atoms with Gasteiger partial charge in [-0.2, -0.15) is 0 Å². The molecule has 0 amide bonds. The van der Waals surface area contributed by atoms with E-state index in [2.05, 4.69) is 12.6 Å². The number of benzene rings is 2. The summed E-state index contributed by atoms with van der Waals surface area (Å²) in [7, 11) is 0. The van der Waals surface area contributed by atoms with Crippen LogP contribution in [-0.2, 0) is 0 Å². The predicted molar refractivity (Wildman–Crippen MR) is 62.6 cm³/mol. The summed E-state index contributed by atoms with van der Waals surface area (Å²) < 4.78 is 0. The zero-order valence-electron chi connectivity index (χ0n) is 7.77. The monoisotopic (exact) mass is 219 g/mol.